The van der Waals surface area contributed by atoms with E-state index in [0.717, 1.165) is 24.8 Å². The molecule has 1 fully saturated rings. The van der Waals surface area contributed by atoms with Crippen LogP contribution < -0.4 is 34.5 Å². The molecule has 7 heteroatoms. The molecular weight excluding hydrogens is 410 g/mol. The average Bonchev–Trinajstić information content (AvgIpc) is 2.30. The van der Waals surface area contributed by atoms with Crippen molar-refractivity contribution in [2.75, 3.05) is 6.61 Å². The van der Waals surface area contributed by atoms with Crippen LogP contribution in [0.2, 0.25) is 5.02 Å². The van der Waals surface area contributed by atoms with Crippen LogP contribution in [0.25, 0.3) is 5.41 Å². The average molecular weight is 428 g/mol. The second-order valence-corrected chi connectivity index (χ2v) is 5.80. The molecule has 0 saturated heterocycles. The summed E-state index contributed by atoms with van der Waals surface area (Å²) in [5.74, 6) is -0.00484. The zero-order chi connectivity index (χ0) is 13.2. The number of hydrogen-bond acceptors (Lipinski definition) is 1. The van der Waals surface area contributed by atoms with E-state index in [4.69, 9.17) is 11.6 Å². The molecule has 1 saturated carbocycles. The van der Waals surface area contributed by atoms with E-state index < -0.39 is 0 Å². The van der Waals surface area contributed by atoms with Crippen molar-refractivity contribution < 1.29 is 34.5 Å². The molecule has 0 bridgehead atoms. The summed E-state index contributed by atoms with van der Waals surface area (Å²) in [5, 5.41) is 21.9. The first-order chi connectivity index (χ1) is 8.58. The summed E-state index contributed by atoms with van der Waals surface area (Å²) in [6, 6.07) is 7.70. The Balaban J connectivity index is -0.000000902. The van der Waals surface area contributed by atoms with E-state index in [1.807, 2.05) is 31.2 Å². The molecule has 1 aromatic rings. The minimum Gasteiger partial charge on any atom is -1.00 e. The van der Waals surface area contributed by atoms with Crippen LogP contribution >= 0.6 is 11.6 Å². The maximum Gasteiger partial charge on any atom is 2.00 e. The molecule has 2 rings (SSSR count). The van der Waals surface area contributed by atoms with Gasteiger partial charge < -0.3 is 39.9 Å². The first kappa shape index (κ1) is 28.3. The Kier molecular flexibility index (Phi) is 16.4. The minimum atomic E-state index is -0.228. The van der Waals surface area contributed by atoms with Gasteiger partial charge in [0.15, 0.2) is 0 Å². The summed E-state index contributed by atoms with van der Waals surface area (Å²) in [7, 11) is 0. The Labute approximate surface area is 187 Å². The molecule has 2 nitrogen and oxygen atoms in total. The van der Waals surface area contributed by atoms with E-state index in [-0.39, 0.29) is 93.4 Å². The normalized spacial score (nSPS) is 15.6. The summed E-state index contributed by atoms with van der Waals surface area (Å²) in [5.41, 5.74) is 1.36. The summed E-state index contributed by atoms with van der Waals surface area (Å²) < 4.78 is 0. The van der Waals surface area contributed by atoms with Crippen molar-refractivity contribution in [3.8, 4) is 0 Å². The van der Waals surface area contributed by atoms with Gasteiger partial charge in [-0.1, -0.05) is 49.4 Å². The van der Waals surface area contributed by atoms with E-state index in [1.165, 1.54) is 0 Å². The first-order valence-electron chi connectivity index (χ1n) is 6.48. The second kappa shape index (κ2) is 12.8. The Hall–Kier alpha value is 1.44. The van der Waals surface area contributed by atoms with Gasteiger partial charge in [0, 0.05) is 5.02 Å². The second-order valence-electron chi connectivity index (χ2n) is 5.37. The molecule has 0 spiro atoms. The van der Waals surface area contributed by atoms with Crippen LogP contribution in [-0.4, -0.2) is 58.4 Å². The molecule has 0 N–H and O–H groups in total. The molecule has 0 aliphatic heterocycles. The molecule has 1 aromatic carbocycles. The van der Waals surface area contributed by atoms with Gasteiger partial charge in [0.2, 0.25) is 0 Å². The Bertz CT molecular complexity index is 442. The Morgan fingerprint density at radius 2 is 1.77 bits per heavy atom. The van der Waals surface area contributed by atoms with Crippen molar-refractivity contribution in [2.45, 2.75) is 38.0 Å². The van der Waals surface area contributed by atoms with Crippen LogP contribution in [0, 0.1) is 5.92 Å². The van der Waals surface area contributed by atoms with Gasteiger partial charge in [-0.25, -0.2) is 0 Å². The molecule has 0 heterocycles. The van der Waals surface area contributed by atoms with Crippen LogP contribution in [0.5, 0.6) is 0 Å². The van der Waals surface area contributed by atoms with E-state index >= 15 is 0 Å². The fourth-order valence-corrected chi connectivity index (χ4v) is 2.75. The number of benzene rings is 1. The quantitative estimate of drug-likeness (QED) is 0.354. The molecule has 0 amide bonds. The number of halogens is 3. The zero-order valence-electron chi connectivity index (χ0n) is 12.8. The van der Waals surface area contributed by atoms with Crippen molar-refractivity contribution in [3.05, 3.63) is 40.3 Å². The topological polar surface area (TPSA) is 45.4 Å². The predicted octanol–water partition coefficient (Wildman–Crippen LogP) is -3.59. The van der Waals surface area contributed by atoms with E-state index in [0.29, 0.717) is 17.2 Å². The molecule has 0 radical (unpaired) electrons. The standard InChI is InChI=1S/C15H18ClNO.BrH.ClH.2Mg/c1-11(10-18)9-14(17)15(7-2-8-15)12-3-5-13(16)6-4-12;;;;/h3-6,11H,2,7-10H2,1H3;2*1H;;/q-2;;;2*+2/p-2/t11-;;;;/m1..../s1. The van der Waals surface area contributed by atoms with E-state index in [1.54, 1.807) is 0 Å². The fourth-order valence-electron chi connectivity index (χ4n) is 2.63. The van der Waals surface area contributed by atoms with Crippen LogP contribution in [0.3, 0.4) is 0 Å². The maximum atomic E-state index is 10.8. The first-order valence-corrected chi connectivity index (χ1v) is 6.86. The Morgan fingerprint density at radius 1 is 1.27 bits per heavy atom. The van der Waals surface area contributed by atoms with Crippen molar-refractivity contribution in [2.24, 2.45) is 5.92 Å². The summed E-state index contributed by atoms with van der Waals surface area (Å²) in [4.78, 5) is 0. The van der Waals surface area contributed by atoms with Gasteiger partial charge in [0.1, 0.15) is 0 Å². The summed E-state index contributed by atoms with van der Waals surface area (Å²) in [6.45, 7) is 1.75. The van der Waals surface area contributed by atoms with Crippen molar-refractivity contribution >= 4 is 63.4 Å². The smallest absolute Gasteiger partial charge is 1.00 e. The third-order valence-electron chi connectivity index (χ3n) is 3.98. The molecule has 0 aromatic heterocycles. The monoisotopic (exact) mass is 425 g/mol. The number of hydrogen-bond donors (Lipinski definition) is 0. The SMILES string of the molecule is C[C@@H](C[O-])CC(=[N-])C1(c2ccc(Cl)cc2)CCC1.[Br-].[Cl-].[Mg+2].[Mg+2]. The van der Waals surface area contributed by atoms with Crippen molar-refractivity contribution in [1.82, 2.24) is 0 Å². The van der Waals surface area contributed by atoms with Gasteiger partial charge in [-0.2, -0.15) is 5.71 Å². The van der Waals surface area contributed by atoms with Gasteiger partial charge in [0.25, 0.3) is 0 Å². The van der Waals surface area contributed by atoms with Crippen LogP contribution in [-0.2, 0) is 5.41 Å². The third kappa shape index (κ3) is 6.39. The van der Waals surface area contributed by atoms with Gasteiger partial charge >= 0.3 is 46.1 Å². The van der Waals surface area contributed by atoms with Crippen LogP contribution in [0.1, 0.15) is 38.2 Å². The minimum absolute atomic E-state index is 0. The zero-order valence-corrected chi connectivity index (χ0v) is 18.8. The van der Waals surface area contributed by atoms with Crippen LogP contribution in [0.4, 0.5) is 0 Å². The molecule has 1 aliphatic carbocycles. The summed E-state index contributed by atoms with van der Waals surface area (Å²) >= 11 is 5.90. The van der Waals surface area contributed by atoms with E-state index in [9.17, 15) is 10.5 Å². The predicted molar refractivity (Wildman–Crippen MR) is 85.5 cm³/mol. The van der Waals surface area contributed by atoms with Crippen molar-refractivity contribution in [1.29, 1.82) is 0 Å². The fraction of sp³-hybridized carbons (Fsp3) is 0.533. The molecule has 114 valence electrons. The van der Waals surface area contributed by atoms with Gasteiger partial charge in [0.05, 0.1) is 0 Å². The van der Waals surface area contributed by atoms with E-state index in [2.05, 4.69) is 0 Å². The third-order valence-corrected chi connectivity index (χ3v) is 4.23. The van der Waals surface area contributed by atoms with Crippen LogP contribution in [0.15, 0.2) is 24.3 Å². The molecule has 0 unspecified atom stereocenters. The number of nitrogens with zero attached hydrogens (tertiary/aromatic N) is 1. The molecule has 22 heavy (non-hydrogen) atoms. The maximum absolute atomic E-state index is 10.8. The molecule has 1 atom stereocenters. The molecule has 1 aliphatic rings. The van der Waals surface area contributed by atoms with Gasteiger partial charge in [-0.05, 0) is 36.0 Å². The Morgan fingerprint density at radius 3 is 2.14 bits per heavy atom. The molecular formula is C15H18BrCl2Mg2NO. The van der Waals surface area contributed by atoms with Crippen molar-refractivity contribution in [3.63, 3.8) is 0 Å². The summed E-state index contributed by atoms with van der Waals surface area (Å²) in [6.07, 6.45) is 3.56. The number of rotatable bonds is 5. The largest absolute Gasteiger partial charge is 2.00 e. The van der Waals surface area contributed by atoms with Gasteiger partial charge in [-0.15, -0.1) is 6.61 Å². The van der Waals surface area contributed by atoms with Gasteiger partial charge in [-0.3, -0.25) is 0 Å².